The lowest BCUT2D eigenvalue weighted by molar-refractivity contribution is 0.102. The molecule has 31 heavy (non-hydrogen) atoms. The zero-order chi connectivity index (χ0) is 21.8. The van der Waals surface area contributed by atoms with E-state index in [0.29, 0.717) is 49.3 Å². The molecule has 1 aromatic carbocycles. The van der Waals surface area contributed by atoms with E-state index in [2.05, 4.69) is 10.3 Å². The molecule has 1 aliphatic rings. The molecule has 1 amide bonds. The Morgan fingerprint density at radius 2 is 1.94 bits per heavy atom. The van der Waals surface area contributed by atoms with Crippen LogP contribution in [0.1, 0.15) is 21.7 Å². The number of anilines is 1. The summed E-state index contributed by atoms with van der Waals surface area (Å²) in [5.41, 5.74) is 3.73. The van der Waals surface area contributed by atoms with Crippen LogP contribution in [0.5, 0.6) is 17.4 Å². The van der Waals surface area contributed by atoms with E-state index in [9.17, 15) is 4.79 Å². The van der Waals surface area contributed by atoms with Crippen molar-refractivity contribution in [3.8, 4) is 23.1 Å². The van der Waals surface area contributed by atoms with Gasteiger partial charge >= 0.3 is 0 Å². The van der Waals surface area contributed by atoms with Crippen molar-refractivity contribution in [3.63, 3.8) is 0 Å². The molecule has 0 saturated heterocycles. The molecule has 0 radical (unpaired) electrons. The van der Waals surface area contributed by atoms with Crippen LogP contribution in [0.15, 0.2) is 42.6 Å². The highest BCUT2D eigenvalue weighted by molar-refractivity contribution is 6.06. The molecule has 3 heterocycles. The number of pyridine rings is 1. The Morgan fingerprint density at radius 1 is 1.13 bits per heavy atom. The number of methoxy groups -OCH3 is 1. The number of rotatable bonds is 7. The number of aromatic nitrogens is 2. The maximum atomic E-state index is 13.1. The number of aryl methyl sites for hydroxylation is 1. The van der Waals surface area contributed by atoms with Gasteiger partial charge in [0.2, 0.25) is 5.88 Å². The standard InChI is InChI=1S/C23H25N3O5/c1-15-13-18(22(27)25-19-5-4-8-24-23(19)31-10-9-28-3)16(2)26(15)17-6-7-20-21(14-17)30-12-11-29-20/h4-8,13-14H,9-12H2,1-3H3,(H,25,27). The highest BCUT2D eigenvalue weighted by Gasteiger charge is 2.20. The van der Waals surface area contributed by atoms with Gasteiger partial charge in [-0.05, 0) is 44.2 Å². The van der Waals surface area contributed by atoms with Crippen LogP contribution in [-0.2, 0) is 4.74 Å². The van der Waals surface area contributed by atoms with Gasteiger partial charge < -0.3 is 28.8 Å². The lowest BCUT2D eigenvalue weighted by Gasteiger charge is -2.20. The summed E-state index contributed by atoms with van der Waals surface area (Å²) < 4.78 is 23.9. The molecule has 0 atom stereocenters. The van der Waals surface area contributed by atoms with Crippen LogP contribution in [0.3, 0.4) is 0 Å². The largest absolute Gasteiger partial charge is 0.486 e. The molecule has 0 unspecified atom stereocenters. The number of nitrogens with one attached hydrogen (secondary N) is 1. The van der Waals surface area contributed by atoms with E-state index in [1.54, 1.807) is 25.4 Å². The van der Waals surface area contributed by atoms with Crippen LogP contribution in [0, 0.1) is 13.8 Å². The quantitative estimate of drug-likeness (QED) is 0.585. The molecule has 1 aliphatic heterocycles. The summed E-state index contributed by atoms with van der Waals surface area (Å²) >= 11 is 0. The van der Waals surface area contributed by atoms with Crippen molar-refractivity contribution in [1.29, 1.82) is 0 Å². The molecule has 4 rings (SSSR count). The highest BCUT2D eigenvalue weighted by Crippen LogP contribution is 2.33. The first-order valence-electron chi connectivity index (χ1n) is 10.1. The lowest BCUT2D eigenvalue weighted by atomic mass is 10.2. The molecule has 2 aromatic heterocycles. The van der Waals surface area contributed by atoms with Crippen LogP contribution >= 0.6 is 0 Å². The Balaban J connectivity index is 1.59. The average molecular weight is 423 g/mol. The van der Waals surface area contributed by atoms with E-state index in [4.69, 9.17) is 18.9 Å². The molecule has 1 N–H and O–H groups in total. The Kier molecular flexibility index (Phi) is 6.08. The molecular weight excluding hydrogens is 398 g/mol. The van der Waals surface area contributed by atoms with E-state index >= 15 is 0 Å². The average Bonchev–Trinajstić information content (AvgIpc) is 3.08. The molecule has 3 aromatic rings. The van der Waals surface area contributed by atoms with Crippen molar-refractivity contribution in [1.82, 2.24) is 9.55 Å². The third kappa shape index (κ3) is 4.34. The van der Waals surface area contributed by atoms with Crippen molar-refractivity contribution in [2.24, 2.45) is 0 Å². The topological polar surface area (TPSA) is 83.8 Å². The summed E-state index contributed by atoms with van der Waals surface area (Å²) in [6, 6.07) is 11.1. The molecular formula is C23H25N3O5. The van der Waals surface area contributed by atoms with E-state index in [-0.39, 0.29) is 5.91 Å². The SMILES string of the molecule is COCCOc1ncccc1NC(=O)c1cc(C)n(-c2ccc3c(c2)OCCO3)c1C. The van der Waals surface area contributed by atoms with Gasteiger partial charge in [0.25, 0.3) is 5.91 Å². The fourth-order valence-electron chi connectivity index (χ4n) is 3.57. The summed E-state index contributed by atoms with van der Waals surface area (Å²) in [6.07, 6.45) is 1.62. The number of fused-ring (bicyclic) bond motifs is 1. The second kappa shape index (κ2) is 9.09. The summed E-state index contributed by atoms with van der Waals surface area (Å²) in [7, 11) is 1.60. The Hall–Kier alpha value is -3.52. The second-order valence-electron chi connectivity index (χ2n) is 7.10. The van der Waals surface area contributed by atoms with E-state index in [1.165, 1.54) is 0 Å². The molecule has 0 fully saturated rings. The summed E-state index contributed by atoms with van der Waals surface area (Å²) in [5, 5.41) is 2.91. The van der Waals surface area contributed by atoms with Crippen molar-refractivity contribution < 1.29 is 23.7 Å². The predicted molar refractivity (Wildman–Crippen MR) is 116 cm³/mol. The van der Waals surface area contributed by atoms with Crippen molar-refractivity contribution >= 4 is 11.6 Å². The monoisotopic (exact) mass is 423 g/mol. The summed E-state index contributed by atoms with van der Waals surface area (Å²) in [6.45, 7) is 5.72. The van der Waals surface area contributed by atoms with Crippen LogP contribution in [-0.4, -0.2) is 49.0 Å². The van der Waals surface area contributed by atoms with Gasteiger partial charge in [-0.15, -0.1) is 0 Å². The first-order chi connectivity index (χ1) is 15.1. The predicted octanol–water partition coefficient (Wildman–Crippen LogP) is 3.54. The third-order valence-electron chi connectivity index (χ3n) is 5.01. The minimum Gasteiger partial charge on any atom is -0.486 e. The second-order valence-corrected chi connectivity index (χ2v) is 7.10. The van der Waals surface area contributed by atoms with Crippen LogP contribution in [0.2, 0.25) is 0 Å². The van der Waals surface area contributed by atoms with Crippen molar-refractivity contribution in [2.75, 3.05) is 38.9 Å². The lowest BCUT2D eigenvalue weighted by Crippen LogP contribution is -2.16. The molecule has 0 spiro atoms. The zero-order valence-corrected chi connectivity index (χ0v) is 17.8. The number of carbonyl (C=O) groups excluding carboxylic acids is 1. The van der Waals surface area contributed by atoms with Gasteiger partial charge in [-0.3, -0.25) is 4.79 Å². The van der Waals surface area contributed by atoms with Crippen LogP contribution in [0.25, 0.3) is 5.69 Å². The molecule has 0 bridgehead atoms. The van der Waals surface area contributed by atoms with Gasteiger partial charge in [-0.2, -0.15) is 0 Å². The number of hydrogen-bond donors (Lipinski definition) is 1. The third-order valence-corrected chi connectivity index (χ3v) is 5.01. The summed E-state index contributed by atoms with van der Waals surface area (Å²) in [5.74, 6) is 1.55. The normalized spacial score (nSPS) is 12.5. The van der Waals surface area contributed by atoms with Gasteiger partial charge in [0.05, 0.1) is 12.2 Å². The maximum Gasteiger partial charge on any atom is 0.257 e. The van der Waals surface area contributed by atoms with Gasteiger partial charge in [0.15, 0.2) is 11.5 Å². The highest BCUT2D eigenvalue weighted by atomic mass is 16.6. The van der Waals surface area contributed by atoms with Gasteiger partial charge in [-0.25, -0.2) is 4.98 Å². The fourth-order valence-corrected chi connectivity index (χ4v) is 3.57. The molecule has 0 saturated carbocycles. The van der Waals surface area contributed by atoms with Crippen LogP contribution in [0.4, 0.5) is 5.69 Å². The number of ether oxygens (including phenoxy) is 4. The van der Waals surface area contributed by atoms with Gasteiger partial charge in [0, 0.05) is 36.4 Å². The number of hydrogen-bond acceptors (Lipinski definition) is 6. The zero-order valence-electron chi connectivity index (χ0n) is 17.8. The Labute approximate surface area is 180 Å². The van der Waals surface area contributed by atoms with Crippen LogP contribution < -0.4 is 19.5 Å². The molecule has 8 heteroatoms. The van der Waals surface area contributed by atoms with Crippen molar-refractivity contribution in [3.05, 3.63) is 59.5 Å². The van der Waals surface area contributed by atoms with E-state index < -0.39 is 0 Å². The number of carbonyl (C=O) groups is 1. The number of amides is 1. The maximum absolute atomic E-state index is 13.1. The number of nitrogens with zero attached hydrogens (tertiary/aromatic N) is 2. The first-order valence-corrected chi connectivity index (χ1v) is 10.1. The molecule has 162 valence electrons. The van der Waals surface area contributed by atoms with Crippen molar-refractivity contribution in [2.45, 2.75) is 13.8 Å². The Morgan fingerprint density at radius 3 is 2.74 bits per heavy atom. The minimum atomic E-state index is -0.235. The molecule has 8 nitrogen and oxygen atoms in total. The number of benzene rings is 1. The minimum absolute atomic E-state index is 0.235. The van der Waals surface area contributed by atoms with E-state index in [0.717, 1.165) is 22.8 Å². The van der Waals surface area contributed by atoms with Gasteiger partial charge in [-0.1, -0.05) is 0 Å². The summed E-state index contributed by atoms with van der Waals surface area (Å²) in [4.78, 5) is 17.3. The fraction of sp³-hybridized carbons (Fsp3) is 0.304. The molecule has 0 aliphatic carbocycles. The van der Waals surface area contributed by atoms with E-state index in [1.807, 2.05) is 42.7 Å². The first kappa shape index (κ1) is 20.7. The Bertz CT molecular complexity index is 1090. The smallest absolute Gasteiger partial charge is 0.257 e. The van der Waals surface area contributed by atoms with Gasteiger partial charge in [0.1, 0.15) is 25.5 Å².